The number of anilines is 1. The number of halogens is 2. The van der Waals surface area contributed by atoms with Crippen LogP contribution in [0.1, 0.15) is 6.92 Å². The van der Waals surface area contributed by atoms with E-state index in [0.717, 1.165) is 10.2 Å². The van der Waals surface area contributed by atoms with Gasteiger partial charge in [0, 0.05) is 15.2 Å². The largest absolute Gasteiger partial charge is 0.481 e. The van der Waals surface area contributed by atoms with Gasteiger partial charge in [0.15, 0.2) is 6.10 Å². The second kappa shape index (κ2) is 6.77. The number of nitrogens with one attached hydrogen (secondary N) is 1. The van der Waals surface area contributed by atoms with E-state index in [-0.39, 0.29) is 5.91 Å². The molecule has 1 N–H and O–H groups in total. The number of amides is 1. The molecule has 1 amide bonds. The summed E-state index contributed by atoms with van der Waals surface area (Å²) in [5.74, 6) is 0.350. The highest BCUT2D eigenvalue weighted by Gasteiger charge is 2.14. The van der Waals surface area contributed by atoms with Gasteiger partial charge in [-0.2, -0.15) is 0 Å². The van der Waals surface area contributed by atoms with Gasteiger partial charge < -0.3 is 10.1 Å². The molecule has 0 spiro atoms. The zero-order valence-electron chi connectivity index (χ0n) is 10.8. The van der Waals surface area contributed by atoms with Crippen LogP contribution >= 0.6 is 27.5 Å². The summed E-state index contributed by atoms with van der Waals surface area (Å²) in [7, 11) is 0. The van der Waals surface area contributed by atoms with Gasteiger partial charge in [0.2, 0.25) is 0 Å². The molecule has 0 bridgehead atoms. The van der Waals surface area contributed by atoms with Crippen LogP contribution in [-0.4, -0.2) is 12.0 Å². The highest BCUT2D eigenvalue weighted by molar-refractivity contribution is 9.10. The Hall–Kier alpha value is -1.52. The van der Waals surface area contributed by atoms with Crippen molar-refractivity contribution in [1.29, 1.82) is 0 Å². The third kappa shape index (κ3) is 4.25. The van der Waals surface area contributed by atoms with Gasteiger partial charge in [-0.15, -0.1) is 0 Å². The molecule has 0 aliphatic rings. The van der Waals surface area contributed by atoms with E-state index in [0.29, 0.717) is 10.8 Å². The lowest BCUT2D eigenvalue weighted by Gasteiger charge is -2.15. The number of ether oxygens (including phenoxy) is 1. The molecule has 20 heavy (non-hydrogen) atoms. The molecule has 2 aromatic carbocycles. The molecular weight excluding hydrogens is 342 g/mol. The van der Waals surface area contributed by atoms with Gasteiger partial charge in [-0.05, 0) is 49.4 Å². The molecule has 0 saturated carbocycles. The standard InChI is InChI=1S/C15H13BrClNO2/c1-10(20-14-4-2-3-12(17)9-14)15(19)18-13-7-5-11(16)6-8-13/h2-10H,1H3,(H,18,19). The Bertz CT molecular complexity index is 601. The summed E-state index contributed by atoms with van der Waals surface area (Å²) in [4.78, 5) is 12.0. The van der Waals surface area contributed by atoms with E-state index >= 15 is 0 Å². The smallest absolute Gasteiger partial charge is 0.265 e. The first-order valence-corrected chi connectivity index (χ1v) is 7.20. The van der Waals surface area contributed by atoms with Gasteiger partial charge in [-0.25, -0.2) is 0 Å². The van der Waals surface area contributed by atoms with Crippen molar-refractivity contribution in [3.63, 3.8) is 0 Å². The zero-order chi connectivity index (χ0) is 14.5. The van der Waals surface area contributed by atoms with E-state index in [2.05, 4.69) is 21.2 Å². The van der Waals surface area contributed by atoms with Crippen molar-refractivity contribution in [1.82, 2.24) is 0 Å². The van der Waals surface area contributed by atoms with E-state index in [1.165, 1.54) is 0 Å². The summed E-state index contributed by atoms with van der Waals surface area (Å²) in [6.45, 7) is 1.69. The summed E-state index contributed by atoms with van der Waals surface area (Å²) in [5.41, 5.74) is 0.722. The Morgan fingerprint density at radius 1 is 1.25 bits per heavy atom. The van der Waals surface area contributed by atoms with Crippen LogP contribution in [0.2, 0.25) is 5.02 Å². The molecule has 2 rings (SSSR count). The molecule has 0 heterocycles. The number of rotatable bonds is 4. The minimum absolute atomic E-state index is 0.215. The number of hydrogen-bond acceptors (Lipinski definition) is 2. The van der Waals surface area contributed by atoms with Gasteiger partial charge in [-0.3, -0.25) is 4.79 Å². The summed E-state index contributed by atoms with van der Waals surface area (Å²) in [5, 5.41) is 3.36. The normalized spacial score (nSPS) is 11.8. The highest BCUT2D eigenvalue weighted by atomic mass is 79.9. The average Bonchev–Trinajstić information content (AvgIpc) is 2.41. The van der Waals surface area contributed by atoms with Crippen molar-refractivity contribution in [3.05, 3.63) is 58.0 Å². The van der Waals surface area contributed by atoms with Crippen LogP contribution < -0.4 is 10.1 Å². The quantitative estimate of drug-likeness (QED) is 0.877. The lowest BCUT2D eigenvalue weighted by atomic mass is 10.3. The third-order valence-electron chi connectivity index (χ3n) is 2.59. The molecule has 3 nitrogen and oxygen atoms in total. The fraction of sp³-hybridized carbons (Fsp3) is 0.133. The van der Waals surface area contributed by atoms with Crippen molar-refractivity contribution in [2.75, 3.05) is 5.32 Å². The first-order valence-electron chi connectivity index (χ1n) is 6.03. The molecule has 1 unspecified atom stereocenters. The minimum atomic E-state index is -0.614. The third-order valence-corrected chi connectivity index (χ3v) is 3.35. The van der Waals surface area contributed by atoms with Crippen LogP contribution in [0.4, 0.5) is 5.69 Å². The first-order chi connectivity index (χ1) is 9.54. The van der Waals surface area contributed by atoms with Gasteiger partial charge >= 0.3 is 0 Å². The molecule has 5 heteroatoms. The number of carbonyl (C=O) groups excluding carboxylic acids is 1. The molecule has 1 atom stereocenters. The van der Waals surface area contributed by atoms with Crippen LogP contribution in [0, 0.1) is 0 Å². The van der Waals surface area contributed by atoms with Gasteiger partial charge in [0.05, 0.1) is 0 Å². The van der Waals surface area contributed by atoms with E-state index in [1.54, 1.807) is 31.2 Å². The van der Waals surface area contributed by atoms with Crippen LogP contribution in [0.15, 0.2) is 53.0 Å². The lowest BCUT2D eigenvalue weighted by Crippen LogP contribution is -2.30. The summed E-state index contributed by atoms with van der Waals surface area (Å²) < 4.78 is 6.50. The van der Waals surface area contributed by atoms with Crippen LogP contribution in [-0.2, 0) is 4.79 Å². The van der Waals surface area contributed by atoms with E-state index in [4.69, 9.17) is 16.3 Å². The molecule has 104 valence electrons. The molecule has 0 aliphatic heterocycles. The number of hydrogen-bond donors (Lipinski definition) is 1. The Balaban J connectivity index is 1.96. The van der Waals surface area contributed by atoms with Crippen molar-refractivity contribution in [3.8, 4) is 5.75 Å². The summed E-state index contributed by atoms with van der Waals surface area (Å²) >= 11 is 9.21. The second-order valence-corrected chi connectivity index (χ2v) is 5.57. The molecule has 0 saturated heterocycles. The van der Waals surface area contributed by atoms with Crippen molar-refractivity contribution < 1.29 is 9.53 Å². The molecule has 2 aromatic rings. The zero-order valence-corrected chi connectivity index (χ0v) is 13.1. The maximum atomic E-state index is 12.0. The number of carbonyl (C=O) groups is 1. The fourth-order valence-corrected chi connectivity index (χ4v) is 2.02. The Labute approximate surface area is 131 Å². The van der Waals surface area contributed by atoms with Gasteiger partial charge in [0.25, 0.3) is 5.91 Å². The predicted octanol–water partition coefficient (Wildman–Crippen LogP) is 4.51. The second-order valence-electron chi connectivity index (χ2n) is 4.21. The monoisotopic (exact) mass is 353 g/mol. The van der Waals surface area contributed by atoms with E-state index in [9.17, 15) is 4.79 Å². The average molecular weight is 355 g/mol. The molecule has 0 fully saturated rings. The van der Waals surface area contributed by atoms with E-state index < -0.39 is 6.10 Å². The fourth-order valence-electron chi connectivity index (χ4n) is 1.58. The summed E-state index contributed by atoms with van der Waals surface area (Å²) in [6.07, 6.45) is -0.614. The lowest BCUT2D eigenvalue weighted by molar-refractivity contribution is -0.122. The minimum Gasteiger partial charge on any atom is -0.481 e. The van der Waals surface area contributed by atoms with Crippen molar-refractivity contribution in [2.45, 2.75) is 13.0 Å². The number of benzene rings is 2. The Kier molecular flexibility index (Phi) is 5.04. The Morgan fingerprint density at radius 2 is 1.95 bits per heavy atom. The molecular formula is C15H13BrClNO2. The van der Waals surface area contributed by atoms with Crippen molar-refractivity contribution >= 4 is 39.1 Å². The molecule has 0 aliphatic carbocycles. The predicted molar refractivity (Wildman–Crippen MR) is 84.3 cm³/mol. The van der Waals surface area contributed by atoms with Crippen LogP contribution in [0.5, 0.6) is 5.75 Å². The first kappa shape index (κ1) is 14.9. The van der Waals surface area contributed by atoms with Crippen LogP contribution in [0.3, 0.4) is 0 Å². The van der Waals surface area contributed by atoms with Gasteiger partial charge in [0.1, 0.15) is 5.75 Å². The van der Waals surface area contributed by atoms with E-state index in [1.807, 2.05) is 24.3 Å². The molecule has 0 radical (unpaired) electrons. The van der Waals surface area contributed by atoms with Gasteiger partial charge in [-0.1, -0.05) is 33.6 Å². The van der Waals surface area contributed by atoms with Crippen LogP contribution in [0.25, 0.3) is 0 Å². The molecule has 0 aromatic heterocycles. The van der Waals surface area contributed by atoms with Crippen molar-refractivity contribution in [2.24, 2.45) is 0 Å². The maximum absolute atomic E-state index is 12.0. The Morgan fingerprint density at radius 3 is 2.60 bits per heavy atom. The maximum Gasteiger partial charge on any atom is 0.265 e. The summed E-state index contributed by atoms with van der Waals surface area (Å²) in [6, 6.07) is 14.3. The highest BCUT2D eigenvalue weighted by Crippen LogP contribution is 2.19. The topological polar surface area (TPSA) is 38.3 Å². The SMILES string of the molecule is CC(Oc1cccc(Cl)c1)C(=O)Nc1ccc(Br)cc1.